The molecule has 1 aliphatic heterocycles. The molecule has 7 nitrogen and oxygen atoms in total. The van der Waals surface area contributed by atoms with Crippen molar-refractivity contribution in [3.63, 3.8) is 0 Å². The highest BCUT2D eigenvalue weighted by Crippen LogP contribution is 2.48. The number of rotatable bonds is 13. The summed E-state index contributed by atoms with van der Waals surface area (Å²) in [6, 6.07) is 4.80. The van der Waals surface area contributed by atoms with Gasteiger partial charge in [-0.15, -0.1) is 0 Å². The maximum Gasteiger partial charge on any atom is 0.332 e. The topological polar surface area (TPSA) is 83.5 Å². The Labute approximate surface area is 224 Å². The zero-order valence-electron chi connectivity index (χ0n) is 24.1. The SMILES string of the molecule is CC(C)[Si](OC[C@H]1C(C(=O)O)=Cc2cc3c(cc2[C@@H]1OCOCC[Si](C)(C)C)OCO3)(C(C)C)C(C)C. The van der Waals surface area contributed by atoms with E-state index in [4.69, 9.17) is 23.4 Å². The molecule has 1 aromatic rings. The highest BCUT2D eigenvalue weighted by atomic mass is 28.4. The van der Waals surface area contributed by atoms with Crippen LogP contribution in [0.15, 0.2) is 17.7 Å². The molecule has 0 radical (unpaired) electrons. The summed E-state index contributed by atoms with van der Waals surface area (Å²) in [7, 11) is -3.46. The molecule has 0 saturated heterocycles. The predicted molar refractivity (Wildman–Crippen MR) is 151 cm³/mol. The zero-order valence-corrected chi connectivity index (χ0v) is 26.1. The molecular formula is C28H46O7Si2. The average Bonchev–Trinajstić information content (AvgIpc) is 3.24. The Bertz CT molecular complexity index is 960. The average molecular weight is 551 g/mol. The Kier molecular flexibility index (Phi) is 9.72. The molecule has 0 bridgehead atoms. The Morgan fingerprint density at radius 2 is 1.62 bits per heavy atom. The molecular weight excluding hydrogens is 504 g/mol. The smallest absolute Gasteiger partial charge is 0.332 e. The molecule has 0 unspecified atom stereocenters. The molecule has 3 rings (SSSR count). The minimum Gasteiger partial charge on any atom is -0.478 e. The molecule has 0 fully saturated rings. The number of ether oxygens (including phenoxy) is 4. The number of benzene rings is 1. The fourth-order valence-corrected chi connectivity index (χ4v) is 12.1. The van der Waals surface area contributed by atoms with Crippen molar-refractivity contribution in [3.05, 3.63) is 28.8 Å². The van der Waals surface area contributed by atoms with Crippen molar-refractivity contribution in [2.75, 3.05) is 26.8 Å². The van der Waals surface area contributed by atoms with Crippen molar-refractivity contribution < 1.29 is 33.3 Å². The molecule has 0 spiro atoms. The lowest BCUT2D eigenvalue weighted by molar-refractivity contribution is -0.136. The number of aliphatic carboxylic acids is 1. The second-order valence-electron chi connectivity index (χ2n) is 12.4. The maximum absolute atomic E-state index is 12.5. The monoisotopic (exact) mass is 550 g/mol. The first-order chi connectivity index (χ1) is 17.3. The summed E-state index contributed by atoms with van der Waals surface area (Å²) in [5.74, 6) is -0.176. The number of hydrogen-bond acceptors (Lipinski definition) is 6. The summed E-state index contributed by atoms with van der Waals surface area (Å²) in [5, 5.41) is 10.3. The van der Waals surface area contributed by atoms with Crippen molar-refractivity contribution in [2.24, 2.45) is 5.92 Å². The molecule has 0 saturated carbocycles. The van der Waals surface area contributed by atoms with E-state index >= 15 is 0 Å². The fraction of sp³-hybridized carbons (Fsp3) is 0.679. The summed E-state index contributed by atoms with van der Waals surface area (Å²) >= 11 is 0. The maximum atomic E-state index is 12.5. The van der Waals surface area contributed by atoms with Crippen LogP contribution in [0, 0.1) is 5.92 Å². The zero-order chi connectivity index (χ0) is 27.5. The van der Waals surface area contributed by atoms with Crippen molar-refractivity contribution in [1.29, 1.82) is 0 Å². The lowest BCUT2D eigenvalue weighted by atomic mass is 9.81. The summed E-state index contributed by atoms with van der Waals surface area (Å²) < 4.78 is 30.3. The summed E-state index contributed by atoms with van der Waals surface area (Å²) in [6.45, 7) is 21.5. The van der Waals surface area contributed by atoms with Gasteiger partial charge in [0.1, 0.15) is 6.79 Å². The van der Waals surface area contributed by atoms with Crippen molar-refractivity contribution in [1.82, 2.24) is 0 Å². The standard InChI is InChI=1S/C28H46O7Si2/c1-18(2)37(19(3)4,20(5)6)35-15-24-23(28(29)30)12-21-13-25-26(33-17-32-25)14-22(21)27(24)34-16-31-10-11-36(7,8)9/h12-14,18-20,24,27H,10-11,15-17H2,1-9H3,(H,29,30)/t24-,27-/m0/s1. The molecule has 37 heavy (non-hydrogen) atoms. The molecule has 208 valence electrons. The number of carbonyl (C=O) groups is 1. The van der Waals surface area contributed by atoms with E-state index in [1.54, 1.807) is 6.08 Å². The summed E-state index contributed by atoms with van der Waals surface area (Å²) in [6.07, 6.45) is 1.20. The lowest BCUT2D eigenvalue weighted by Crippen LogP contribution is -2.49. The van der Waals surface area contributed by atoms with Gasteiger partial charge in [-0.25, -0.2) is 4.79 Å². The van der Waals surface area contributed by atoms with E-state index in [1.165, 1.54) is 0 Å². The quantitative estimate of drug-likeness (QED) is 0.160. The van der Waals surface area contributed by atoms with Crippen LogP contribution in [0.2, 0.25) is 42.3 Å². The van der Waals surface area contributed by atoms with Gasteiger partial charge in [-0.3, -0.25) is 0 Å². The lowest BCUT2D eigenvalue weighted by Gasteiger charge is -2.44. The van der Waals surface area contributed by atoms with Crippen LogP contribution >= 0.6 is 0 Å². The summed E-state index contributed by atoms with van der Waals surface area (Å²) in [4.78, 5) is 12.5. The predicted octanol–water partition coefficient (Wildman–Crippen LogP) is 7.08. The van der Waals surface area contributed by atoms with Gasteiger partial charge in [-0.1, -0.05) is 61.2 Å². The van der Waals surface area contributed by atoms with Gasteiger partial charge in [0, 0.05) is 32.8 Å². The van der Waals surface area contributed by atoms with Gasteiger partial charge in [0.2, 0.25) is 6.79 Å². The highest BCUT2D eigenvalue weighted by molar-refractivity contribution is 6.77. The summed E-state index contributed by atoms with van der Waals surface area (Å²) in [5.41, 5.74) is 3.10. The minimum atomic E-state index is -2.23. The Balaban J connectivity index is 1.95. The van der Waals surface area contributed by atoms with Crippen molar-refractivity contribution >= 4 is 28.4 Å². The molecule has 0 aromatic heterocycles. The molecule has 1 heterocycles. The second kappa shape index (κ2) is 12.0. The van der Waals surface area contributed by atoms with Gasteiger partial charge < -0.3 is 28.5 Å². The Hall–Kier alpha value is -1.66. The third-order valence-corrected chi connectivity index (χ3v) is 15.5. The van der Waals surface area contributed by atoms with Gasteiger partial charge in [0.15, 0.2) is 19.8 Å². The van der Waals surface area contributed by atoms with E-state index in [-0.39, 0.29) is 25.8 Å². The molecule has 1 aliphatic carbocycles. The van der Waals surface area contributed by atoms with Crippen LogP contribution in [0.3, 0.4) is 0 Å². The number of carboxylic acid groups (broad SMARTS) is 1. The Morgan fingerprint density at radius 3 is 2.16 bits per heavy atom. The second-order valence-corrected chi connectivity index (χ2v) is 23.5. The molecule has 2 aliphatic rings. The van der Waals surface area contributed by atoms with E-state index < -0.39 is 34.4 Å². The molecule has 1 aromatic carbocycles. The van der Waals surface area contributed by atoms with Gasteiger partial charge in [-0.05, 0) is 52.0 Å². The normalized spacial score (nSPS) is 19.5. The third kappa shape index (κ3) is 6.68. The third-order valence-electron chi connectivity index (χ3n) is 7.75. The van der Waals surface area contributed by atoms with Crippen LogP contribution in [-0.4, -0.2) is 54.3 Å². The van der Waals surface area contributed by atoms with Crippen molar-refractivity contribution in [3.8, 4) is 11.5 Å². The van der Waals surface area contributed by atoms with E-state index in [2.05, 4.69) is 61.2 Å². The van der Waals surface area contributed by atoms with E-state index in [0.29, 0.717) is 34.7 Å². The largest absolute Gasteiger partial charge is 0.478 e. The minimum absolute atomic E-state index is 0.0908. The van der Waals surface area contributed by atoms with Crippen LogP contribution < -0.4 is 9.47 Å². The molecule has 2 atom stereocenters. The first kappa shape index (κ1) is 29.9. The van der Waals surface area contributed by atoms with Gasteiger partial charge in [0.25, 0.3) is 0 Å². The molecule has 1 N–H and O–H groups in total. The highest BCUT2D eigenvalue weighted by Gasteiger charge is 2.47. The van der Waals surface area contributed by atoms with Crippen LogP contribution in [-0.2, 0) is 18.7 Å². The number of fused-ring (bicyclic) bond motifs is 2. The molecule has 9 heteroatoms. The molecule has 0 amide bonds. The van der Waals surface area contributed by atoms with Gasteiger partial charge in [-0.2, -0.15) is 0 Å². The van der Waals surface area contributed by atoms with Gasteiger partial charge in [0.05, 0.1) is 6.10 Å². The first-order valence-electron chi connectivity index (χ1n) is 13.5. The van der Waals surface area contributed by atoms with Crippen LogP contribution in [0.5, 0.6) is 11.5 Å². The number of hydrogen-bond donors (Lipinski definition) is 1. The van der Waals surface area contributed by atoms with Crippen LogP contribution in [0.1, 0.15) is 58.8 Å². The fourth-order valence-electron chi connectivity index (χ4n) is 5.90. The number of carboxylic acids is 1. The van der Waals surface area contributed by atoms with E-state index in [0.717, 1.165) is 17.2 Å². The van der Waals surface area contributed by atoms with Crippen LogP contribution in [0.4, 0.5) is 0 Å². The van der Waals surface area contributed by atoms with Gasteiger partial charge >= 0.3 is 5.97 Å². The van der Waals surface area contributed by atoms with Crippen LogP contribution in [0.25, 0.3) is 6.08 Å². The first-order valence-corrected chi connectivity index (χ1v) is 19.3. The van der Waals surface area contributed by atoms with E-state index in [1.807, 2.05) is 12.1 Å². The van der Waals surface area contributed by atoms with Crippen molar-refractivity contribution in [2.45, 2.75) is 90.0 Å². The van der Waals surface area contributed by atoms with E-state index in [9.17, 15) is 9.90 Å². The Morgan fingerprint density at radius 1 is 1.03 bits per heavy atom.